The van der Waals surface area contributed by atoms with E-state index in [0.717, 1.165) is 0 Å². The number of amides is 1. The van der Waals surface area contributed by atoms with Gasteiger partial charge in [0.1, 0.15) is 5.76 Å². The molecular formula is C19H12Cl2N2O4S. The molecule has 1 aromatic heterocycles. The zero-order valence-electron chi connectivity index (χ0n) is 14.0. The van der Waals surface area contributed by atoms with E-state index in [0.29, 0.717) is 27.1 Å². The number of aromatic carboxylic acids is 1. The van der Waals surface area contributed by atoms with Crippen molar-refractivity contribution >= 4 is 58.1 Å². The van der Waals surface area contributed by atoms with Gasteiger partial charge in [0.15, 0.2) is 10.9 Å². The Balaban J connectivity index is 1.66. The molecule has 142 valence electrons. The number of carboxylic acid groups (broad SMARTS) is 1. The third-order valence-corrected chi connectivity index (χ3v) is 4.69. The number of hydrogen-bond donors (Lipinski definition) is 3. The van der Waals surface area contributed by atoms with Crippen molar-refractivity contribution in [3.63, 3.8) is 0 Å². The van der Waals surface area contributed by atoms with E-state index in [1.54, 1.807) is 24.3 Å². The number of carboxylic acids is 1. The molecule has 3 N–H and O–H groups in total. The van der Waals surface area contributed by atoms with Crippen LogP contribution in [0.15, 0.2) is 59.0 Å². The molecule has 2 aromatic carbocycles. The van der Waals surface area contributed by atoms with Gasteiger partial charge in [0, 0.05) is 11.3 Å². The Morgan fingerprint density at radius 2 is 1.71 bits per heavy atom. The lowest BCUT2D eigenvalue weighted by molar-refractivity contribution is 0.0696. The number of rotatable bonds is 4. The predicted molar refractivity (Wildman–Crippen MR) is 111 cm³/mol. The molecule has 0 atom stereocenters. The molecule has 0 unspecified atom stereocenters. The van der Waals surface area contributed by atoms with Crippen LogP contribution in [0.5, 0.6) is 0 Å². The van der Waals surface area contributed by atoms with Gasteiger partial charge in [-0.1, -0.05) is 29.3 Å². The van der Waals surface area contributed by atoms with Gasteiger partial charge in [-0.15, -0.1) is 0 Å². The smallest absolute Gasteiger partial charge is 0.335 e. The summed E-state index contributed by atoms with van der Waals surface area (Å²) >= 11 is 17.3. The number of nitrogens with one attached hydrogen (secondary N) is 2. The number of thiocarbonyl (C=S) groups is 1. The molecule has 1 heterocycles. The second kappa shape index (κ2) is 8.43. The van der Waals surface area contributed by atoms with Crippen molar-refractivity contribution in [3.8, 4) is 11.3 Å². The van der Waals surface area contributed by atoms with E-state index in [1.807, 2.05) is 0 Å². The lowest BCUT2D eigenvalue weighted by Crippen LogP contribution is -2.33. The minimum atomic E-state index is -1.03. The fourth-order valence-corrected chi connectivity index (χ4v) is 2.93. The van der Waals surface area contributed by atoms with Crippen LogP contribution in [-0.2, 0) is 0 Å². The Kier molecular flexibility index (Phi) is 5.99. The summed E-state index contributed by atoms with van der Waals surface area (Å²) in [6.45, 7) is 0. The summed E-state index contributed by atoms with van der Waals surface area (Å²) in [4.78, 5) is 23.2. The number of hydrogen-bond acceptors (Lipinski definition) is 4. The van der Waals surface area contributed by atoms with Crippen LogP contribution < -0.4 is 10.6 Å². The van der Waals surface area contributed by atoms with Crippen molar-refractivity contribution in [3.05, 3.63) is 76.0 Å². The Hall–Kier alpha value is -2.87. The van der Waals surface area contributed by atoms with Gasteiger partial charge in [-0.3, -0.25) is 10.1 Å². The van der Waals surface area contributed by atoms with Crippen LogP contribution in [0.2, 0.25) is 10.0 Å². The average molecular weight is 435 g/mol. The predicted octanol–water partition coefficient (Wildman–Crippen LogP) is 5.08. The molecule has 0 saturated heterocycles. The minimum absolute atomic E-state index is 0.0341. The molecule has 3 rings (SSSR count). The normalized spacial score (nSPS) is 10.4. The molecule has 0 saturated carbocycles. The lowest BCUT2D eigenvalue weighted by Gasteiger charge is -2.08. The molecule has 0 aliphatic rings. The van der Waals surface area contributed by atoms with Crippen LogP contribution in [0.3, 0.4) is 0 Å². The standard InChI is InChI=1S/C19H12Cl2N2O4S/c20-13-3-1-2-12(16(13)21)14-8-9-15(27-14)17(24)23-19(28)22-11-6-4-10(5-7-11)18(25)26/h1-9H,(H,25,26)(H2,22,23,24,28). The molecule has 0 radical (unpaired) electrons. The first-order valence-electron chi connectivity index (χ1n) is 7.85. The number of benzene rings is 2. The zero-order chi connectivity index (χ0) is 20.3. The number of carbonyl (C=O) groups excluding carboxylic acids is 1. The van der Waals surface area contributed by atoms with Crippen LogP contribution in [-0.4, -0.2) is 22.1 Å². The maximum Gasteiger partial charge on any atom is 0.335 e. The van der Waals surface area contributed by atoms with Gasteiger partial charge < -0.3 is 14.8 Å². The second-order valence-corrected chi connectivity index (χ2v) is 6.75. The molecule has 6 nitrogen and oxygen atoms in total. The highest BCUT2D eigenvalue weighted by Crippen LogP contribution is 2.34. The molecule has 0 aliphatic heterocycles. The summed E-state index contributed by atoms with van der Waals surface area (Å²) < 4.78 is 5.55. The van der Waals surface area contributed by atoms with Gasteiger partial charge in [-0.25, -0.2) is 4.79 Å². The number of halogens is 2. The van der Waals surface area contributed by atoms with Gasteiger partial charge in [-0.05, 0) is 60.7 Å². The van der Waals surface area contributed by atoms with Gasteiger partial charge in [0.2, 0.25) is 0 Å². The molecule has 0 bridgehead atoms. The molecular weight excluding hydrogens is 423 g/mol. The monoisotopic (exact) mass is 434 g/mol. The van der Waals surface area contributed by atoms with E-state index in [-0.39, 0.29) is 16.4 Å². The van der Waals surface area contributed by atoms with Crippen molar-refractivity contribution in [1.29, 1.82) is 0 Å². The number of carbonyl (C=O) groups is 2. The van der Waals surface area contributed by atoms with E-state index in [2.05, 4.69) is 10.6 Å². The highest BCUT2D eigenvalue weighted by atomic mass is 35.5. The van der Waals surface area contributed by atoms with Gasteiger partial charge >= 0.3 is 5.97 Å². The summed E-state index contributed by atoms with van der Waals surface area (Å²) in [6, 6.07) is 14.1. The van der Waals surface area contributed by atoms with Crippen molar-refractivity contribution in [2.24, 2.45) is 0 Å². The summed E-state index contributed by atoms with van der Waals surface area (Å²) in [5.74, 6) is -1.16. The molecule has 3 aromatic rings. The third-order valence-electron chi connectivity index (χ3n) is 3.66. The van der Waals surface area contributed by atoms with E-state index >= 15 is 0 Å². The van der Waals surface area contributed by atoms with E-state index < -0.39 is 11.9 Å². The topological polar surface area (TPSA) is 91.6 Å². The largest absolute Gasteiger partial charge is 0.478 e. The minimum Gasteiger partial charge on any atom is -0.478 e. The Bertz CT molecular complexity index is 1060. The third kappa shape index (κ3) is 4.51. The zero-order valence-corrected chi connectivity index (χ0v) is 16.4. The molecule has 0 spiro atoms. The first-order chi connectivity index (χ1) is 13.3. The van der Waals surface area contributed by atoms with Crippen LogP contribution in [0.1, 0.15) is 20.9 Å². The van der Waals surface area contributed by atoms with Gasteiger partial charge in [-0.2, -0.15) is 0 Å². The van der Waals surface area contributed by atoms with Crippen LogP contribution in [0.25, 0.3) is 11.3 Å². The molecule has 0 fully saturated rings. The van der Waals surface area contributed by atoms with Crippen LogP contribution in [0.4, 0.5) is 5.69 Å². The molecule has 0 aliphatic carbocycles. The van der Waals surface area contributed by atoms with Gasteiger partial charge in [0.25, 0.3) is 5.91 Å². The molecule has 28 heavy (non-hydrogen) atoms. The second-order valence-electron chi connectivity index (χ2n) is 5.56. The Labute approximate surface area is 175 Å². The highest BCUT2D eigenvalue weighted by Gasteiger charge is 2.16. The Morgan fingerprint density at radius 3 is 2.39 bits per heavy atom. The van der Waals surface area contributed by atoms with Crippen molar-refractivity contribution < 1.29 is 19.1 Å². The van der Waals surface area contributed by atoms with Crippen molar-refractivity contribution in [2.75, 3.05) is 5.32 Å². The number of furan rings is 1. The SMILES string of the molecule is O=C(O)c1ccc(NC(=S)NC(=O)c2ccc(-c3cccc(Cl)c3Cl)o2)cc1. The maximum absolute atomic E-state index is 12.3. The molecule has 1 amide bonds. The summed E-state index contributed by atoms with van der Waals surface area (Å²) in [5, 5.41) is 14.9. The fraction of sp³-hybridized carbons (Fsp3) is 0. The van der Waals surface area contributed by atoms with Gasteiger partial charge in [0.05, 0.1) is 15.6 Å². The summed E-state index contributed by atoms with van der Waals surface area (Å²) in [5.41, 5.74) is 1.23. The maximum atomic E-state index is 12.3. The number of anilines is 1. The van der Waals surface area contributed by atoms with E-state index in [1.165, 1.54) is 30.3 Å². The Morgan fingerprint density at radius 1 is 1.00 bits per heavy atom. The first kappa shape index (κ1) is 19.9. The first-order valence-corrected chi connectivity index (χ1v) is 9.01. The average Bonchev–Trinajstić information content (AvgIpc) is 3.14. The van der Waals surface area contributed by atoms with Crippen molar-refractivity contribution in [1.82, 2.24) is 5.32 Å². The van der Waals surface area contributed by atoms with Crippen molar-refractivity contribution in [2.45, 2.75) is 0 Å². The van der Waals surface area contributed by atoms with E-state index in [4.69, 9.17) is 44.9 Å². The lowest BCUT2D eigenvalue weighted by atomic mass is 10.2. The summed E-state index contributed by atoms with van der Waals surface area (Å²) in [7, 11) is 0. The summed E-state index contributed by atoms with van der Waals surface area (Å²) in [6.07, 6.45) is 0. The van der Waals surface area contributed by atoms with Crippen LogP contribution in [0, 0.1) is 0 Å². The fourth-order valence-electron chi connectivity index (χ4n) is 2.32. The van der Waals surface area contributed by atoms with Crippen LogP contribution >= 0.6 is 35.4 Å². The quantitative estimate of drug-likeness (QED) is 0.496. The highest BCUT2D eigenvalue weighted by molar-refractivity contribution is 7.80. The van der Waals surface area contributed by atoms with E-state index in [9.17, 15) is 9.59 Å². The molecule has 9 heteroatoms.